The molecule has 0 aliphatic carbocycles. The van der Waals surface area contributed by atoms with E-state index in [1.54, 1.807) is 48.8 Å². The minimum atomic E-state index is -3.72. The number of fused-ring (bicyclic) bond motifs is 1. The van der Waals surface area contributed by atoms with Crippen LogP contribution in [0.25, 0.3) is 10.8 Å². The van der Waals surface area contributed by atoms with Gasteiger partial charge in [-0.3, -0.25) is 9.71 Å². The molecule has 3 aromatic rings. The molecule has 0 amide bonds. The molecule has 4 nitrogen and oxygen atoms in total. The van der Waals surface area contributed by atoms with Gasteiger partial charge in [-0.1, -0.05) is 29.8 Å². The van der Waals surface area contributed by atoms with Crippen LogP contribution in [0, 0.1) is 6.92 Å². The molecule has 3 rings (SSSR count). The Kier molecular flexibility index (Phi) is 3.76. The smallest absolute Gasteiger partial charge is 0.262 e. The monoisotopic (exact) mass is 332 g/mol. The molecule has 0 bridgehead atoms. The Hall–Kier alpha value is -2.11. The van der Waals surface area contributed by atoms with Gasteiger partial charge in [0.1, 0.15) is 0 Å². The first-order valence-corrected chi connectivity index (χ1v) is 8.45. The standard InChI is InChI=1S/C16H13ClN2O2S/c1-11-5-6-13(17)9-15(11)19-22(20,21)16-4-2-3-12-10-18-8-7-14(12)16/h2-10,19H,1H3. The highest BCUT2D eigenvalue weighted by Gasteiger charge is 2.18. The van der Waals surface area contributed by atoms with Crippen LogP contribution < -0.4 is 4.72 Å². The third-order valence-corrected chi connectivity index (χ3v) is 5.03. The Bertz CT molecular complexity index is 950. The van der Waals surface area contributed by atoms with Crippen LogP contribution in [-0.4, -0.2) is 13.4 Å². The summed E-state index contributed by atoms with van der Waals surface area (Å²) >= 11 is 5.94. The van der Waals surface area contributed by atoms with Gasteiger partial charge in [-0.15, -0.1) is 0 Å². The lowest BCUT2D eigenvalue weighted by molar-refractivity contribution is 0.602. The van der Waals surface area contributed by atoms with E-state index in [2.05, 4.69) is 9.71 Å². The summed E-state index contributed by atoms with van der Waals surface area (Å²) in [5.74, 6) is 0. The molecule has 0 saturated heterocycles. The molecule has 0 atom stereocenters. The van der Waals surface area contributed by atoms with E-state index in [9.17, 15) is 8.42 Å². The average Bonchev–Trinajstić information content (AvgIpc) is 2.50. The lowest BCUT2D eigenvalue weighted by Gasteiger charge is -2.12. The van der Waals surface area contributed by atoms with Gasteiger partial charge in [0.05, 0.1) is 10.6 Å². The second kappa shape index (κ2) is 5.59. The molecule has 0 spiro atoms. The number of pyridine rings is 1. The Morgan fingerprint density at radius 1 is 1.14 bits per heavy atom. The summed E-state index contributed by atoms with van der Waals surface area (Å²) < 4.78 is 28.0. The fraction of sp³-hybridized carbons (Fsp3) is 0.0625. The van der Waals surface area contributed by atoms with Crippen molar-refractivity contribution >= 4 is 38.1 Å². The van der Waals surface area contributed by atoms with Crippen molar-refractivity contribution in [3.8, 4) is 0 Å². The molecule has 112 valence electrons. The molecule has 2 aromatic carbocycles. The molecule has 6 heteroatoms. The fourth-order valence-corrected chi connectivity index (χ4v) is 3.76. The molecule has 0 saturated carbocycles. The molecule has 0 aliphatic rings. The minimum Gasteiger partial charge on any atom is -0.279 e. The lowest BCUT2D eigenvalue weighted by Crippen LogP contribution is -2.14. The number of aryl methyl sites for hydroxylation is 1. The Morgan fingerprint density at radius 3 is 2.77 bits per heavy atom. The highest BCUT2D eigenvalue weighted by Crippen LogP contribution is 2.27. The number of hydrogen-bond acceptors (Lipinski definition) is 3. The van der Waals surface area contributed by atoms with Crippen molar-refractivity contribution in [2.75, 3.05) is 4.72 Å². The molecule has 1 heterocycles. The quantitative estimate of drug-likeness (QED) is 0.788. The molecule has 1 aromatic heterocycles. The molecule has 22 heavy (non-hydrogen) atoms. The van der Waals surface area contributed by atoms with Gasteiger partial charge in [-0.05, 0) is 36.8 Å². The van der Waals surface area contributed by atoms with E-state index in [1.807, 2.05) is 13.0 Å². The van der Waals surface area contributed by atoms with E-state index in [4.69, 9.17) is 11.6 Å². The molecular weight excluding hydrogens is 320 g/mol. The lowest BCUT2D eigenvalue weighted by atomic mass is 10.2. The zero-order valence-electron chi connectivity index (χ0n) is 11.7. The van der Waals surface area contributed by atoms with E-state index in [1.165, 1.54) is 0 Å². The third-order valence-electron chi connectivity index (χ3n) is 3.37. The Labute approximate surface area is 133 Å². The topological polar surface area (TPSA) is 59.1 Å². The summed E-state index contributed by atoms with van der Waals surface area (Å²) in [4.78, 5) is 4.23. The van der Waals surface area contributed by atoms with Crippen LogP contribution in [0.2, 0.25) is 5.02 Å². The van der Waals surface area contributed by atoms with Crippen LogP contribution >= 0.6 is 11.6 Å². The van der Waals surface area contributed by atoms with Crippen LogP contribution in [0.1, 0.15) is 5.56 Å². The summed E-state index contributed by atoms with van der Waals surface area (Å²) in [5.41, 5.74) is 1.27. The van der Waals surface area contributed by atoms with Crippen molar-refractivity contribution in [3.63, 3.8) is 0 Å². The van der Waals surface area contributed by atoms with Crippen molar-refractivity contribution in [1.29, 1.82) is 0 Å². The number of rotatable bonds is 3. The van der Waals surface area contributed by atoms with Crippen molar-refractivity contribution in [2.45, 2.75) is 11.8 Å². The number of anilines is 1. The maximum Gasteiger partial charge on any atom is 0.262 e. The fourth-order valence-electron chi connectivity index (χ4n) is 2.23. The third kappa shape index (κ3) is 2.77. The maximum absolute atomic E-state index is 12.7. The summed E-state index contributed by atoms with van der Waals surface area (Å²) in [5, 5.41) is 1.88. The molecule has 0 fully saturated rings. The normalized spacial score (nSPS) is 11.5. The first-order valence-electron chi connectivity index (χ1n) is 6.59. The number of aromatic nitrogens is 1. The number of halogens is 1. The van der Waals surface area contributed by atoms with Gasteiger partial charge in [-0.2, -0.15) is 0 Å². The van der Waals surface area contributed by atoms with Crippen LogP contribution in [0.5, 0.6) is 0 Å². The van der Waals surface area contributed by atoms with Gasteiger partial charge in [0, 0.05) is 28.2 Å². The highest BCUT2D eigenvalue weighted by molar-refractivity contribution is 7.93. The van der Waals surface area contributed by atoms with E-state index >= 15 is 0 Å². The SMILES string of the molecule is Cc1ccc(Cl)cc1NS(=O)(=O)c1cccc2cnccc12. The summed E-state index contributed by atoms with van der Waals surface area (Å²) in [6, 6.07) is 11.9. The minimum absolute atomic E-state index is 0.215. The highest BCUT2D eigenvalue weighted by atomic mass is 35.5. The average molecular weight is 333 g/mol. The Morgan fingerprint density at radius 2 is 1.95 bits per heavy atom. The van der Waals surface area contributed by atoms with Gasteiger partial charge in [0.15, 0.2) is 0 Å². The summed E-state index contributed by atoms with van der Waals surface area (Å²) in [7, 11) is -3.72. The van der Waals surface area contributed by atoms with E-state index in [-0.39, 0.29) is 4.90 Å². The molecule has 0 aliphatic heterocycles. The van der Waals surface area contributed by atoms with Crippen molar-refractivity contribution in [1.82, 2.24) is 4.98 Å². The van der Waals surface area contributed by atoms with Gasteiger partial charge in [-0.25, -0.2) is 8.42 Å². The van der Waals surface area contributed by atoms with Crippen molar-refractivity contribution < 1.29 is 8.42 Å². The van der Waals surface area contributed by atoms with Crippen LogP contribution in [-0.2, 0) is 10.0 Å². The van der Waals surface area contributed by atoms with Gasteiger partial charge in [0.2, 0.25) is 0 Å². The predicted molar refractivity (Wildman–Crippen MR) is 88.7 cm³/mol. The summed E-state index contributed by atoms with van der Waals surface area (Å²) in [6.07, 6.45) is 3.21. The van der Waals surface area contributed by atoms with E-state index in [0.717, 1.165) is 10.9 Å². The van der Waals surface area contributed by atoms with E-state index in [0.29, 0.717) is 16.1 Å². The zero-order chi connectivity index (χ0) is 15.7. The van der Waals surface area contributed by atoms with Gasteiger partial charge >= 0.3 is 0 Å². The van der Waals surface area contributed by atoms with Crippen LogP contribution in [0.3, 0.4) is 0 Å². The molecule has 0 unspecified atom stereocenters. The number of nitrogens with one attached hydrogen (secondary N) is 1. The molecular formula is C16H13ClN2O2S. The van der Waals surface area contributed by atoms with Gasteiger partial charge in [0.25, 0.3) is 10.0 Å². The second-order valence-electron chi connectivity index (χ2n) is 4.92. The molecule has 1 N–H and O–H groups in total. The second-order valence-corrected chi connectivity index (χ2v) is 7.00. The van der Waals surface area contributed by atoms with E-state index < -0.39 is 10.0 Å². The zero-order valence-corrected chi connectivity index (χ0v) is 13.3. The molecule has 0 radical (unpaired) electrons. The van der Waals surface area contributed by atoms with Crippen molar-refractivity contribution in [2.24, 2.45) is 0 Å². The number of nitrogens with zero attached hydrogens (tertiary/aromatic N) is 1. The number of benzene rings is 2. The van der Waals surface area contributed by atoms with Crippen LogP contribution in [0.4, 0.5) is 5.69 Å². The predicted octanol–water partition coefficient (Wildman–Crippen LogP) is 4.00. The maximum atomic E-state index is 12.7. The summed E-state index contributed by atoms with van der Waals surface area (Å²) in [6.45, 7) is 1.82. The first-order chi connectivity index (χ1) is 10.5. The first kappa shape index (κ1) is 14.8. The number of hydrogen-bond donors (Lipinski definition) is 1. The van der Waals surface area contributed by atoms with Crippen LogP contribution in [0.15, 0.2) is 59.8 Å². The van der Waals surface area contributed by atoms with Gasteiger partial charge < -0.3 is 0 Å². The van der Waals surface area contributed by atoms with Crippen molar-refractivity contribution in [3.05, 3.63) is 65.4 Å². The Balaban J connectivity index is 2.11. The number of sulfonamides is 1. The largest absolute Gasteiger partial charge is 0.279 e.